The first-order chi connectivity index (χ1) is 10.8. The van der Waals surface area contributed by atoms with Gasteiger partial charge in [-0.15, -0.1) is 0 Å². The van der Waals surface area contributed by atoms with E-state index in [9.17, 15) is 9.59 Å². The van der Waals surface area contributed by atoms with Crippen LogP contribution in [0, 0.1) is 0 Å². The fourth-order valence-electron chi connectivity index (χ4n) is 2.12. The summed E-state index contributed by atoms with van der Waals surface area (Å²) >= 11 is 0. The Morgan fingerprint density at radius 3 is 2.70 bits per heavy atom. The highest BCUT2D eigenvalue weighted by atomic mass is 16.5. The number of hydrogen-bond acceptors (Lipinski definition) is 4. The van der Waals surface area contributed by atoms with Crippen LogP contribution < -0.4 is 15.7 Å². The Labute approximate surface area is 135 Å². The Kier molecular flexibility index (Phi) is 4.83. The molecule has 0 radical (unpaired) electrons. The lowest BCUT2D eigenvalue weighted by atomic mass is 9.87. The molecule has 0 spiro atoms. The fraction of sp³-hybridized carbons (Fsp3) is 0.353. The summed E-state index contributed by atoms with van der Waals surface area (Å²) < 4.78 is 6.54. The second kappa shape index (κ2) is 6.64. The number of amides is 1. The van der Waals surface area contributed by atoms with E-state index in [0.29, 0.717) is 11.4 Å². The average molecular weight is 315 g/mol. The molecule has 0 bridgehead atoms. The third-order valence-corrected chi connectivity index (χ3v) is 3.44. The second-order valence-electron chi connectivity index (χ2n) is 6.24. The van der Waals surface area contributed by atoms with Crippen molar-refractivity contribution in [2.24, 2.45) is 0 Å². The first-order valence-corrected chi connectivity index (χ1v) is 7.31. The maximum Gasteiger partial charge on any atom is 0.347 e. The van der Waals surface area contributed by atoms with Crippen molar-refractivity contribution in [1.29, 1.82) is 0 Å². The van der Waals surface area contributed by atoms with Crippen LogP contribution in [0.3, 0.4) is 0 Å². The highest BCUT2D eigenvalue weighted by molar-refractivity contribution is 5.92. The van der Waals surface area contributed by atoms with Crippen LogP contribution in [-0.4, -0.2) is 22.6 Å². The lowest BCUT2D eigenvalue weighted by Gasteiger charge is -2.21. The largest absolute Gasteiger partial charge is 0.495 e. The Balaban J connectivity index is 2.23. The minimum atomic E-state index is -0.460. The summed E-state index contributed by atoms with van der Waals surface area (Å²) in [5.74, 6) is 0.259. The zero-order chi connectivity index (χ0) is 17.0. The topological polar surface area (TPSA) is 73.2 Å². The van der Waals surface area contributed by atoms with E-state index in [0.717, 1.165) is 5.56 Å². The molecule has 6 heteroatoms. The van der Waals surface area contributed by atoms with Crippen LogP contribution in [-0.2, 0) is 16.8 Å². The maximum absolute atomic E-state index is 12.2. The SMILES string of the molecule is COc1ccc(C(C)(C)C)cc1NC(=O)Cn1cccnc1=O. The van der Waals surface area contributed by atoms with Crippen molar-refractivity contribution in [2.45, 2.75) is 32.7 Å². The van der Waals surface area contributed by atoms with E-state index in [-0.39, 0.29) is 17.9 Å². The minimum Gasteiger partial charge on any atom is -0.495 e. The molecule has 2 aromatic rings. The van der Waals surface area contributed by atoms with Crippen LogP contribution >= 0.6 is 0 Å². The van der Waals surface area contributed by atoms with E-state index in [2.05, 4.69) is 31.1 Å². The van der Waals surface area contributed by atoms with E-state index in [1.54, 1.807) is 13.2 Å². The number of rotatable bonds is 4. The van der Waals surface area contributed by atoms with Crippen molar-refractivity contribution in [1.82, 2.24) is 9.55 Å². The third-order valence-electron chi connectivity index (χ3n) is 3.44. The highest BCUT2D eigenvalue weighted by Gasteiger charge is 2.17. The molecule has 23 heavy (non-hydrogen) atoms. The molecule has 122 valence electrons. The lowest BCUT2D eigenvalue weighted by Crippen LogP contribution is -2.28. The first-order valence-electron chi connectivity index (χ1n) is 7.31. The van der Waals surface area contributed by atoms with Crippen molar-refractivity contribution in [3.8, 4) is 5.75 Å². The van der Waals surface area contributed by atoms with Crippen LogP contribution in [0.1, 0.15) is 26.3 Å². The fourth-order valence-corrected chi connectivity index (χ4v) is 2.12. The van der Waals surface area contributed by atoms with Gasteiger partial charge in [-0.1, -0.05) is 26.8 Å². The zero-order valence-corrected chi connectivity index (χ0v) is 13.8. The van der Waals surface area contributed by atoms with Crippen molar-refractivity contribution < 1.29 is 9.53 Å². The summed E-state index contributed by atoms with van der Waals surface area (Å²) in [6.45, 7) is 6.18. The van der Waals surface area contributed by atoms with Gasteiger partial charge in [-0.2, -0.15) is 0 Å². The quantitative estimate of drug-likeness (QED) is 0.938. The smallest absolute Gasteiger partial charge is 0.347 e. The van der Waals surface area contributed by atoms with Gasteiger partial charge >= 0.3 is 5.69 Å². The summed E-state index contributed by atoms with van der Waals surface area (Å²) in [4.78, 5) is 27.4. The van der Waals surface area contributed by atoms with Gasteiger partial charge in [-0.3, -0.25) is 9.36 Å². The Morgan fingerprint density at radius 2 is 2.09 bits per heavy atom. The predicted molar refractivity (Wildman–Crippen MR) is 88.8 cm³/mol. The van der Waals surface area contributed by atoms with E-state index in [1.165, 1.54) is 17.0 Å². The van der Waals surface area contributed by atoms with Crippen molar-refractivity contribution in [3.05, 3.63) is 52.7 Å². The number of hydrogen-bond donors (Lipinski definition) is 1. The third kappa shape index (κ3) is 4.18. The number of ether oxygens (including phenoxy) is 1. The van der Waals surface area contributed by atoms with Gasteiger partial charge in [0.1, 0.15) is 12.3 Å². The Morgan fingerprint density at radius 1 is 1.35 bits per heavy atom. The number of nitrogens with zero attached hydrogens (tertiary/aromatic N) is 2. The van der Waals surface area contributed by atoms with Crippen LogP contribution in [0.15, 0.2) is 41.5 Å². The Hall–Kier alpha value is -2.63. The van der Waals surface area contributed by atoms with Gasteiger partial charge in [0.2, 0.25) is 5.91 Å². The molecule has 0 atom stereocenters. The molecule has 0 unspecified atom stereocenters. The average Bonchev–Trinajstić information content (AvgIpc) is 2.48. The molecule has 0 aliphatic heterocycles. The van der Waals surface area contributed by atoms with Gasteiger partial charge in [0, 0.05) is 12.4 Å². The molecule has 0 saturated heterocycles. The summed E-state index contributed by atoms with van der Waals surface area (Å²) in [5.41, 5.74) is 1.15. The van der Waals surface area contributed by atoms with E-state index in [4.69, 9.17) is 4.74 Å². The second-order valence-corrected chi connectivity index (χ2v) is 6.24. The number of anilines is 1. The Bertz CT molecular complexity index is 760. The molecule has 2 rings (SSSR count). The van der Waals surface area contributed by atoms with Gasteiger partial charge in [0.25, 0.3) is 0 Å². The molecule has 1 amide bonds. The number of methoxy groups -OCH3 is 1. The van der Waals surface area contributed by atoms with Gasteiger partial charge in [0.05, 0.1) is 12.8 Å². The summed E-state index contributed by atoms with van der Waals surface area (Å²) in [6.07, 6.45) is 2.92. The molecular weight excluding hydrogens is 294 g/mol. The minimum absolute atomic E-state index is 0.0496. The van der Waals surface area contributed by atoms with Crippen LogP contribution in [0.5, 0.6) is 5.75 Å². The molecular formula is C17H21N3O3. The normalized spacial score (nSPS) is 11.1. The van der Waals surface area contributed by atoms with E-state index < -0.39 is 5.69 Å². The first kappa shape index (κ1) is 16.7. The predicted octanol–water partition coefficient (Wildman–Crippen LogP) is 2.19. The van der Waals surface area contributed by atoms with Crippen LogP contribution in [0.4, 0.5) is 5.69 Å². The molecule has 0 fully saturated rings. The van der Waals surface area contributed by atoms with Gasteiger partial charge in [-0.05, 0) is 29.2 Å². The number of aromatic nitrogens is 2. The molecule has 0 aliphatic carbocycles. The van der Waals surface area contributed by atoms with Crippen molar-refractivity contribution in [3.63, 3.8) is 0 Å². The summed E-state index contributed by atoms with van der Waals surface area (Å²) in [7, 11) is 1.55. The summed E-state index contributed by atoms with van der Waals surface area (Å²) in [5, 5.41) is 2.80. The van der Waals surface area contributed by atoms with E-state index in [1.807, 2.05) is 18.2 Å². The molecule has 1 aromatic carbocycles. The van der Waals surface area contributed by atoms with Crippen molar-refractivity contribution >= 4 is 11.6 Å². The number of benzene rings is 1. The van der Waals surface area contributed by atoms with Gasteiger partial charge < -0.3 is 10.1 Å². The zero-order valence-electron chi connectivity index (χ0n) is 13.8. The number of nitrogens with one attached hydrogen (secondary N) is 1. The number of carbonyl (C=O) groups is 1. The molecule has 1 heterocycles. The number of carbonyl (C=O) groups excluding carboxylic acids is 1. The van der Waals surface area contributed by atoms with Crippen molar-refractivity contribution in [2.75, 3.05) is 12.4 Å². The van der Waals surface area contributed by atoms with E-state index >= 15 is 0 Å². The molecule has 6 nitrogen and oxygen atoms in total. The highest BCUT2D eigenvalue weighted by Crippen LogP contribution is 2.31. The molecule has 0 saturated carbocycles. The van der Waals surface area contributed by atoms with Gasteiger partial charge in [0.15, 0.2) is 0 Å². The molecule has 1 aromatic heterocycles. The molecule has 1 N–H and O–H groups in total. The molecule has 0 aliphatic rings. The standard InChI is InChI=1S/C17H21N3O3/c1-17(2,3)12-6-7-14(23-4)13(10-12)19-15(21)11-20-9-5-8-18-16(20)22/h5-10H,11H2,1-4H3,(H,19,21). The van der Waals surface area contributed by atoms with Gasteiger partial charge in [-0.25, -0.2) is 9.78 Å². The summed E-state index contributed by atoms with van der Waals surface area (Å²) in [6, 6.07) is 7.30. The van der Waals surface area contributed by atoms with Crippen LogP contribution in [0.2, 0.25) is 0 Å². The van der Waals surface area contributed by atoms with Crippen LogP contribution in [0.25, 0.3) is 0 Å². The monoisotopic (exact) mass is 315 g/mol. The lowest BCUT2D eigenvalue weighted by molar-refractivity contribution is -0.116. The maximum atomic E-state index is 12.2.